The number of carboxylic acid groups (broad SMARTS) is 1. The highest BCUT2D eigenvalue weighted by Gasteiger charge is 2.52. The largest absolute Gasteiger partial charge is 0.492 e. The van der Waals surface area contributed by atoms with Crippen molar-refractivity contribution in [2.45, 2.75) is 44.1 Å². The van der Waals surface area contributed by atoms with Gasteiger partial charge < -0.3 is 19.5 Å². The van der Waals surface area contributed by atoms with Gasteiger partial charge in [0.1, 0.15) is 0 Å². The van der Waals surface area contributed by atoms with E-state index < -0.39 is 24.3 Å². The van der Waals surface area contributed by atoms with E-state index in [0.717, 1.165) is 0 Å². The smallest absolute Gasteiger partial charge is 0.476 e. The van der Waals surface area contributed by atoms with Gasteiger partial charge in [-0.2, -0.15) is 0 Å². The summed E-state index contributed by atoms with van der Waals surface area (Å²) in [5, 5.41) is 19.4. The molecule has 1 saturated heterocycles. The number of aliphatic hydroxyl groups excluding tert-OH is 1. The zero-order valence-corrected chi connectivity index (χ0v) is 15.2. The van der Waals surface area contributed by atoms with Crippen LogP contribution in [-0.2, 0) is 9.31 Å². The Hall–Kier alpha value is -1.42. The lowest BCUT2D eigenvalue weighted by atomic mass is 9.77. The molecule has 2 rings (SSSR count). The second-order valence-corrected chi connectivity index (χ2v) is 7.20. The van der Waals surface area contributed by atoms with Crippen LogP contribution in [0.5, 0.6) is 0 Å². The molecule has 0 radical (unpaired) electrons. The Balaban J connectivity index is 2.40. The Kier molecular flexibility index (Phi) is 5.39. The topological polar surface area (TPSA) is 102 Å². The van der Waals surface area contributed by atoms with Crippen LogP contribution in [0.25, 0.3) is 6.08 Å². The van der Waals surface area contributed by atoms with Crippen LogP contribution in [0.3, 0.4) is 0 Å². The van der Waals surface area contributed by atoms with E-state index in [1.54, 1.807) is 6.26 Å². The number of hydrogen-bond donors (Lipinski definition) is 2. The summed E-state index contributed by atoms with van der Waals surface area (Å²) < 4.78 is 11.8. The predicted molar refractivity (Wildman–Crippen MR) is 91.9 cm³/mol. The number of aromatic carboxylic acids is 1. The van der Waals surface area contributed by atoms with E-state index in [9.17, 15) is 15.0 Å². The third-order valence-electron chi connectivity index (χ3n) is 4.26. The first kappa shape index (κ1) is 18.9. The number of hydrogen-bond acceptors (Lipinski definition) is 7. The molecule has 130 valence electrons. The summed E-state index contributed by atoms with van der Waals surface area (Å²) in [6.07, 6.45) is 4.69. The second kappa shape index (κ2) is 6.83. The number of nitrogens with zero attached hydrogens (tertiary/aromatic N) is 2. The van der Waals surface area contributed by atoms with Crippen LogP contribution in [0, 0.1) is 0 Å². The van der Waals surface area contributed by atoms with Gasteiger partial charge in [-0.1, -0.05) is 17.8 Å². The molecule has 0 saturated carbocycles. The molecule has 0 amide bonds. The molecule has 0 spiro atoms. The first-order valence-corrected chi connectivity index (χ1v) is 8.65. The maximum absolute atomic E-state index is 11.4. The van der Waals surface area contributed by atoms with Crippen LogP contribution in [0.4, 0.5) is 0 Å². The van der Waals surface area contributed by atoms with Gasteiger partial charge in [-0.25, -0.2) is 14.8 Å². The zero-order chi connectivity index (χ0) is 18.1. The summed E-state index contributed by atoms with van der Waals surface area (Å²) in [4.78, 5) is 19.5. The number of rotatable bonds is 5. The minimum Gasteiger partial charge on any atom is -0.476 e. The molecule has 9 heteroatoms. The first-order valence-electron chi connectivity index (χ1n) is 7.42. The molecule has 0 bridgehead atoms. The van der Waals surface area contributed by atoms with E-state index in [0.29, 0.717) is 16.2 Å². The molecule has 0 atom stereocenters. The SMILES string of the molecule is CSc1ncc(C=C(CO)B2OC(C)(C)C(C)(C)O2)c(C(=O)O)n1. The summed E-state index contributed by atoms with van der Waals surface area (Å²) in [6.45, 7) is 7.28. The number of carbonyl (C=O) groups is 1. The maximum atomic E-state index is 11.4. The van der Waals surface area contributed by atoms with Gasteiger partial charge in [0, 0.05) is 11.8 Å². The third-order valence-corrected chi connectivity index (χ3v) is 4.82. The van der Waals surface area contributed by atoms with E-state index in [2.05, 4.69) is 9.97 Å². The lowest BCUT2D eigenvalue weighted by molar-refractivity contribution is 0.00578. The van der Waals surface area contributed by atoms with Crippen molar-refractivity contribution in [3.05, 3.63) is 22.9 Å². The zero-order valence-electron chi connectivity index (χ0n) is 14.4. The Morgan fingerprint density at radius 2 is 1.92 bits per heavy atom. The fourth-order valence-corrected chi connectivity index (χ4v) is 2.47. The molecule has 2 N–H and O–H groups in total. The molecule has 1 aliphatic rings. The van der Waals surface area contributed by atoms with Crippen LogP contribution in [0.2, 0.25) is 0 Å². The Morgan fingerprint density at radius 3 is 2.38 bits per heavy atom. The molecule has 1 aromatic heterocycles. The highest BCUT2D eigenvalue weighted by Crippen LogP contribution is 2.38. The second-order valence-electron chi connectivity index (χ2n) is 6.43. The van der Waals surface area contributed by atoms with Crippen LogP contribution < -0.4 is 0 Å². The van der Waals surface area contributed by atoms with Gasteiger partial charge >= 0.3 is 13.1 Å². The Labute approximate surface area is 145 Å². The van der Waals surface area contributed by atoms with Gasteiger partial charge in [0.2, 0.25) is 0 Å². The van der Waals surface area contributed by atoms with Gasteiger partial charge in [0.25, 0.3) is 0 Å². The molecule has 1 aromatic rings. The molecule has 0 aromatic carbocycles. The van der Waals surface area contributed by atoms with Crippen LogP contribution >= 0.6 is 11.8 Å². The average molecular weight is 352 g/mol. The summed E-state index contributed by atoms with van der Waals surface area (Å²) in [5.74, 6) is -1.16. The highest BCUT2D eigenvalue weighted by molar-refractivity contribution is 7.98. The van der Waals surface area contributed by atoms with Crippen molar-refractivity contribution in [3.63, 3.8) is 0 Å². The molecule has 1 aliphatic heterocycles. The molecule has 1 fully saturated rings. The monoisotopic (exact) mass is 352 g/mol. The van der Waals surface area contributed by atoms with Crippen molar-refractivity contribution in [1.82, 2.24) is 9.97 Å². The quantitative estimate of drug-likeness (QED) is 0.471. The third kappa shape index (κ3) is 3.64. The fourth-order valence-electron chi connectivity index (χ4n) is 2.13. The molecular formula is C15H21BN2O5S. The summed E-state index contributed by atoms with van der Waals surface area (Å²) >= 11 is 1.25. The standard InChI is InChI=1S/C15H21BN2O5S/c1-14(2)15(3,4)23-16(22-14)10(8-19)6-9-7-17-13(24-5)18-11(9)12(20)21/h6-7,19H,8H2,1-5H3,(H,20,21). The van der Waals surface area contributed by atoms with Gasteiger partial charge in [-0.15, -0.1) is 0 Å². The van der Waals surface area contributed by atoms with Crippen molar-refractivity contribution in [1.29, 1.82) is 0 Å². The minimum absolute atomic E-state index is 0.128. The fraction of sp³-hybridized carbons (Fsp3) is 0.533. The molecule has 24 heavy (non-hydrogen) atoms. The van der Waals surface area contributed by atoms with Crippen LogP contribution in [-0.4, -0.2) is 57.3 Å². The average Bonchev–Trinajstić information content (AvgIpc) is 2.72. The number of aliphatic hydroxyl groups is 1. The normalized spacial score (nSPS) is 19.6. The van der Waals surface area contributed by atoms with E-state index in [1.165, 1.54) is 24.0 Å². The predicted octanol–water partition coefficient (Wildman–Crippen LogP) is 1.90. The van der Waals surface area contributed by atoms with Gasteiger partial charge in [0.05, 0.1) is 17.8 Å². The lowest BCUT2D eigenvalue weighted by Crippen LogP contribution is -2.41. The molecule has 7 nitrogen and oxygen atoms in total. The first-order chi connectivity index (χ1) is 11.1. The lowest BCUT2D eigenvalue weighted by Gasteiger charge is -2.32. The summed E-state index contributed by atoms with van der Waals surface area (Å²) in [5.41, 5.74) is -0.533. The van der Waals surface area contributed by atoms with Crippen molar-refractivity contribution >= 4 is 30.9 Å². The number of carboxylic acids is 1. The van der Waals surface area contributed by atoms with Gasteiger partial charge in [0.15, 0.2) is 10.9 Å². The van der Waals surface area contributed by atoms with Crippen molar-refractivity contribution in [2.75, 3.05) is 12.9 Å². The Morgan fingerprint density at radius 1 is 1.33 bits per heavy atom. The summed E-state index contributed by atoms with van der Waals surface area (Å²) in [6, 6.07) is 0. The number of aromatic nitrogens is 2. The van der Waals surface area contributed by atoms with Crippen molar-refractivity contribution in [2.24, 2.45) is 0 Å². The summed E-state index contributed by atoms with van der Waals surface area (Å²) in [7, 11) is -0.762. The van der Waals surface area contributed by atoms with E-state index in [-0.39, 0.29) is 12.3 Å². The minimum atomic E-state index is -1.16. The van der Waals surface area contributed by atoms with Crippen LogP contribution in [0.1, 0.15) is 43.7 Å². The van der Waals surface area contributed by atoms with Gasteiger partial charge in [-0.3, -0.25) is 0 Å². The van der Waals surface area contributed by atoms with E-state index in [1.807, 2.05) is 27.7 Å². The van der Waals surface area contributed by atoms with Crippen molar-refractivity contribution in [3.8, 4) is 0 Å². The molecule has 2 heterocycles. The molecule has 0 unspecified atom stereocenters. The van der Waals surface area contributed by atoms with E-state index >= 15 is 0 Å². The van der Waals surface area contributed by atoms with Crippen LogP contribution in [0.15, 0.2) is 16.8 Å². The highest BCUT2D eigenvalue weighted by atomic mass is 32.2. The van der Waals surface area contributed by atoms with E-state index in [4.69, 9.17) is 9.31 Å². The molecular weight excluding hydrogens is 331 g/mol. The van der Waals surface area contributed by atoms with Gasteiger partial charge in [-0.05, 0) is 39.4 Å². The maximum Gasteiger partial charge on any atom is 0.492 e. The van der Waals surface area contributed by atoms with Crippen molar-refractivity contribution < 1.29 is 24.3 Å². The Bertz CT molecular complexity index is 662. The number of thioether (sulfide) groups is 1. The molecule has 0 aliphatic carbocycles.